The van der Waals surface area contributed by atoms with Crippen LogP contribution in [0, 0.1) is 0 Å². The normalized spacial score (nSPS) is 16.3. The van der Waals surface area contributed by atoms with Gasteiger partial charge in [-0.25, -0.2) is 8.42 Å². The number of hydrogen-bond donors (Lipinski definition) is 1. The Morgan fingerprint density at radius 3 is 2.31 bits per heavy atom. The zero-order chi connectivity index (χ0) is 18.6. The van der Waals surface area contributed by atoms with Crippen molar-refractivity contribution in [1.29, 1.82) is 0 Å². The first-order valence-corrected chi connectivity index (χ1v) is 10.0. The molecule has 3 rings (SSSR count). The molecule has 1 aliphatic rings. The van der Waals surface area contributed by atoms with Crippen LogP contribution in [0.25, 0.3) is 0 Å². The van der Waals surface area contributed by atoms with Crippen molar-refractivity contribution in [3.8, 4) is 0 Å². The third-order valence-corrected chi connectivity index (χ3v) is 6.02. The first-order chi connectivity index (χ1) is 12.5. The molecular weight excluding hydrogens is 376 g/mol. The second kappa shape index (κ2) is 8.18. The summed E-state index contributed by atoms with van der Waals surface area (Å²) in [6.45, 7) is 1.72. The number of sulfonamides is 1. The Kier molecular flexibility index (Phi) is 5.93. The number of hydrogen-bond acceptors (Lipinski definition) is 4. The predicted molar refractivity (Wildman–Crippen MR) is 98.4 cm³/mol. The summed E-state index contributed by atoms with van der Waals surface area (Å²) in [6, 6.07) is 13.9. The van der Waals surface area contributed by atoms with Gasteiger partial charge in [0.2, 0.25) is 15.9 Å². The van der Waals surface area contributed by atoms with Crippen molar-refractivity contribution >= 4 is 27.5 Å². The lowest BCUT2D eigenvalue weighted by Crippen LogP contribution is -2.47. The van der Waals surface area contributed by atoms with Crippen LogP contribution in [0.2, 0.25) is 5.02 Å². The van der Waals surface area contributed by atoms with Crippen molar-refractivity contribution < 1.29 is 17.9 Å². The summed E-state index contributed by atoms with van der Waals surface area (Å²) in [4.78, 5) is 14.6. The lowest BCUT2D eigenvalue weighted by atomic mass is 10.1. The van der Waals surface area contributed by atoms with E-state index in [0.29, 0.717) is 31.9 Å². The van der Waals surface area contributed by atoms with Gasteiger partial charge in [-0.1, -0.05) is 54.1 Å². The topological polar surface area (TPSA) is 75.7 Å². The fraction of sp³-hybridized carbons (Fsp3) is 0.278. The van der Waals surface area contributed by atoms with Crippen molar-refractivity contribution in [3.63, 3.8) is 0 Å². The molecule has 0 saturated carbocycles. The minimum atomic E-state index is -3.98. The molecule has 0 unspecified atom stereocenters. The Balaban J connectivity index is 1.93. The maximum atomic E-state index is 13.0. The number of carbonyl (C=O) groups is 1. The van der Waals surface area contributed by atoms with Gasteiger partial charge in [0.1, 0.15) is 10.9 Å². The molecule has 1 N–H and O–H groups in total. The number of amides is 1. The van der Waals surface area contributed by atoms with Crippen LogP contribution in [0.15, 0.2) is 59.5 Å². The fourth-order valence-electron chi connectivity index (χ4n) is 2.75. The summed E-state index contributed by atoms with van der Waals surface area (Å²) in [5.41, 5.74) is 0.569. The van der Waals surface area contributed by atoms with Gasteiger partial charge in [-0.2, -0.15) is 4.72 Å². The number of rotatable bonds is 5. The van der Waals surface area contributed by atoms with E-state index in [4.69, 9.17) is 16.3 Å². The number of morpholine rings is 1. The molecule has 1 amide bonds. The van der Waals surface area contributed by atoms with Gasteiger partial charge < -0.3 is 9.64 Å². The third-order valence-electron chi connectivity index (χ3n) is 4.10. The summed E-state index contributed by atoms with van der Waals surface area (Å²) in [5, 5.41) is 0.102. The monoisotopic (exact) mass is 394 g/mol. The molecule has 6 nitrogen and oxygen atoms in total. The van der Waals surface area contributed by atoms with Crippen molar-refractivity contribution in [2.24, 2.45) is 0 Å². The van der Waals surface area contributed by atoms with E-state index in [-0.39, 0.29) is 15.8 Å². The lowest BCUT2D eigenvalue weighted by molar-refractivity contribution is -0.137. The summed E-state index contributed by atoms with van der Waals surface area (Å²) < 4.78 is 33.5. The summed E-state index contributed by atoms with van der Waals surface area (Å²) >= 11 is 6.04. The fourth-order valence-corrected chi connectivity index (χ4v) is 4.45. The number of nitrogens with one attached hydrogen (secondary N) is 1. The van der Waals surface area contributed by atoms with Gasteiger partial charge >= 0.3 is 0 Å². The largest absolute Gasteiger partial charge is 0.378 e. The van der Waals surface area contributed by atoms with Gasteiger partial charge in [0.25, 0.3) is 0 Å². The highest BCUT2D eigenvalue weighted by atomic mass is 35.5. The average molecular weight is 395 g/mol. The molecular formula is C18H19ClN2O4S. The molecule has 1 saturated heterocycles. The maximum absolute atomic E-state index is 13.0. The number of ether oxygens (including phenoxy) is 1. The number of carbonyl (C=O) groups excluding carboxylic acids is 1. The van der Waals surface area contributed by atoms with E-state index in [1.807, 2.05) is 6.07 Å². The average Bonchev–Trinajstić information content (AvgIpc) is 2.67. The highest BCUT2D eigenvalue weighted by Crippen LogP contribution is 2.24. The second-order valence-corrected chi connectivity index (χ2v) is 7.92. The van der Waals surface area contributed by atoms with Crippen molar-refractivity contribution in [3.05, 3.63) is 65.2 Å². The SMILES string of the molecule is O=C([C@@H](NS(=O)(=O)c1ccccc1Cl)c1ccccc1)N1CCOCC1. The molecule has 0 spiro atoms. The quantitative estimate of drug-likeness (QED) is 0.843. The molecule has 138 valence electrons. The Bertz CT molecular complexity index is 868. The molecule has 0 radical (unpaired) electrons. The van der Waals surface area contributed by atoms with E-state index in [1.165, 1.54) is 12.1 Å². The van der Waals surface area contributed by atoms with E-state index < -0.39 is 16.1 Å². The van der Waals surface area contributed by atoms with Gasteiger partial charge in [0, 0.05) is 13.1 Å². The van der Waals surface area contributed by atoms with Crippen LogP contribution in [0.3, 0.4) is 0 Å². The molecule has 1 heterocycles. The van der Waals surface area contributed by atoms with Crippen LogP contribution in [-0.4, -0.2) is 45.5 Å². The Morgan fingerprint density at radius 1 is 1.04 bits per heavy atom. The maximum Gasteiger partial charge on any atom is 0.245 e. The minimum Gasteiger partial charge on any atom is -0.378 e. The summed E-state index contributed by atoms with van der Waals surface area (Å²) in [6.07, 6.45) is 0. The first kappa shape index (κ1) is 18.8. The molecule has 0 aliphatic carbocycles. The zero-order valence-electron chi connectivity index (χ0n) is 14.0. The standard InChI is InChI=1S/C18H19ClN2O4S/c19-15-8-4-5-9-16(15)26(23,24)20-17(14-6-2-1-3-7-14)18(22)21-10-12-25-13-11-21/h1-9,17,20H,10-13H2/t17-/m0/s1. The number of nitrogens with zero attached hydrogens (tertiary/aromatic N) is 1. The van der Waals surface area contributed by atoms with Crippen LogP contribution < -0.4 is 4.72 Å². The number of benzene rings is 2. The molecule has 0 aromatic heterocycles. The Morgan fingerprint density at radius 2 is 1.65 bits per heavy atom. The van der Waals surface area contributed by atoms with Crippen molar-refractivity contribution in [1.82, 2.24) is 9.62 Å². The van der Waals surface area contributed by atoms with E-state index >= 15 is 0 Å². The van der Waals surface area contributed by atoms with Gasteiger partial charge in [0.05, 0.1) is 18.2 Å². The second-order valence-electron chi connectivity index (χ2n) is 5.83. The van der Waals surface area contributed by atoms with Gasteiger partial charge in [-0.05, 0) is 17.7 Å². The summed E-state index contributed by atoms with van der Waals surface area (Å²) in [7, 11) is -3.98. The molecule has 1 aliphatic heterocycles. The van der Waals surface area contributed by atoms with E-state index in [2.05, 4.69) is 4.72 Å². The molecule has 1 atom stereocenters. The Hall–Kier alpha value is -1.93. The van der Waals surface area contributed by atoms with Crippen LogP contribution in [0.1, 0.15) is 11.6 Å². The van der Waals surface area contributed by atoms with Crippen LogP contribution in [0.4, 0.5) is 0 Å². The minimum absolute atomic E-state index is 0.0580. The first-order valence-electron chi connectivity index (χ1n) is 8.17. The lowest BCUT2D eigenvalue weighted by Gasteiger charge is -2.31. The van der Waals surface area contributed by atoms with E-state index in [9.17, 15) is 13.2 Å². The molecule has 2 aromatic carbocycles. The van der Waals surface area contributed by atoms with Crippen LogP contribution in [0.5, 0.6) is 0 Å². The Labute approximate surface area is 157 Å². The molecule has 2 aromatic rings. The smallest absolute Gasteiger partial charge is 0.245 e. The molecule has 26 heavy (non-hydrogen) atoms. The molecule has 8 heteroatoms. The zero-order valence-corrected chi connectivity index (χ0v) is 15.5. The van der Waals surface area contributed by atoms with E-state index in [0.717, 1.165) is 0 Å². The van der Waals surface area contributed by atoms with Gasteiger partial charge in [-0.15, -0.1) is 0 Å². The highest BCUT2D eigenvalue weighted by Gasteiger charge is 2.32. The van der Waals surface area contributed by atoms with Crippen molar-refractivity contribution in [2.75, 3.05) is 26.3 Å². The van der Waals surface area contributed by atoms with Crippen molar-refractivity contribution in [2.45, 2.75) is 10.9 Å². The van der Waals surface area contributed by atoms with E-state index in [1.54, 1.807) is 41.3 Å². The summed E-state index contributed by atoms with van der Waals surface area (Å²) in [5.74, 6) is -0.310. The third kappa shape index (κ3) is 4.24. The number of halogens is 1. The van der Waals surface area contributed by atoms with Crippen LogP contribution >= 0.6 is 11.6 Å². The molecule has 0 bridgehead atoms. The van der Waals surface area contributed by atoms with Gasteiger partial charge in [-0.3, -0.25) is 4.79 Å². The highest BCUT2D eigenvalue weighted by molar-refractivity contribution is 7.89. The molecule has 1 fully saturated rings. The van der Waals surface area contributed by atoms with Crippen LogP contribution in [-0.2, 0) is 19.6 Å². The predicted octanol–water partition coefficient (Wildman–Crippen LogP) is 2.22. The van der Waals surface area contributed by atoms with Gasteiger partial charge in [0.15, 0.2) is 0 Å².